The Morgan fingerprint density at radius 1 is 0.294 bits per heavy atom. The van der Waals surface area contributed by atoms with E-state index in [1.165, 1.54) is 99.1 Å². The van der Waals surface area contributed by atoms with E-state index in [0.717, 1.165) is 0 Å². The first-order chi connectivity index (χ1) is 25.1. The minimum atomic E-state index is -0.135. The lowest BCUT2D eigenvalue weighted by Gasteiger charge is -2.23. The lowest BCUT2D eigenvalue weighted by Crippen LogP contribution is -2.15. The summed E-state index contributed by atoms with van der Waals surface area (Å²) in [4.78, 5) is 0. The second kappa shape index (κ2) is 11.4. The second-order valence-electron chi connectivity index (χ2n) is 14.5. The minimum Gasteiger partial charge on any atom is -0.0622 e. The van der Waals surface area contributed by atoms with Gasteiger partial charge in [-0.15, -0.1) is 0 Å². The van der Waals surface area contributed by atoms with Crippen LogP contribution in [0.25, 0.3) is 88.0 Å². The highest BCUT2D eigenvalue weighted by molar-refractivity contribution is 6.22. The molecule has 0 bridgehead atoms. The van der Waals surface area contributed by atoms with E-state index < -0.39 is 0 Å². The molecule has 0 N–H and O–H groups in total. The summed E-state index contributed by atoms with van der Waals surface area (Å²) in [6.45, 7) is 4.78. The van der Waals surface area contributed by atoms with Crippen molar-refractivity contribution in [3.8, 4) is 55.6 Å². The Bertz CT molecular complexity index is 2800. The first kappa shape index (κ1) is 29.7. The topological polar surface area (TPSA) is 0 Å². The molecule has 0 radical (unpaired) electrons. The van der Waals surface area contributed by atoms with Crippen molar-refractivity contribution in [2.45, 2.75) is 19.3 Å². The lowest BCUT2D eigenvalue weighted by atomic mass is 9.80. The number of hydrogen-bond donors (Lipinski definition) is 0. The molecule has 0 fully saturated rings. The van der Waals surface area contributed by atoms with Gasteiger partial charge in [0.05, 0.1) is 0 Å². The van der Waals surface area contributed by atoms with Crippen LogP contribution in [0.2, 0.25) is 0 Å². The molecule has 0 aliphatic heterocycles. The van der Waals surface area contributed by atoms with E-state index in [0.29, 0.717) is 0 Å². The highest BCUT2D eigenvalue weighted by atomic mass is 14.4. The quantitative estimate of drug-likeness (QED) is 0.167. The Morgan fingerprint density at radius 3 is 1.43 bits per heavy atom. The summed E-state index contributed by atoms with van der Waals surface area (Å²) < 4.78 is 0. The van der Waals surface area contributed by atoms with Crippen molar-refractivity contribution in [3.05, 3.63) is 193 Å². The zero-order valence-electron chi connectivity index (χ0n) is 28.8. The fraction of sp³-hybridized carbons (Fsp3) is 0.0588. The van der Waals surface area contributed by atoms with Crippen LogP contribution in [0.5, 0.6) is 0 Å². The number of rotatable bonds is 4. The van der Waals surface area contributed by atoms with E-state index in [9.17, 15) is 0 Å². The Kier molecular flexibility index (Phi) is 6.63. The van der Waals surface area contributed by atoms with Gasteiger partial charge in [-0.1, -0.05) is 178 Å². The molecule has 1 aliphatic rings. The summed E-state index contributed by atoms with van der Waals surface area (Å²) in [5, 5.41) is 7.68. The van der Waals surface area contributed by atoms with Crippen molar-refractivity contribution >= 4 is 32.3 Å². The monoisotopic (exact) mass is 648 g/mol. The van der Waals surface area contributed by atoms with Crippen molar-refractivity contribution in [2.75, 3.05) is 0 Å². The maximum atomic E-state index is 2.45. The second-order valence-corrected chi connectivity index (χ2v) is 14.5. The molecule has 1 aliphatic carbocycles. The smallest absolute Gasteiger partial charge is 0.0159 e. The van der Waals surface area contributed by atoms with E-state index in [1.807, 2.05) is 0 Å². The third-order valence-corrected chi connectivity index (χ3v) is 11.3. The molecule has 10 rings (SSSR count). The van der Waals surface area contributed by atoms with Crippen LogP contribution in [0.4, 0.5) is 0 Å². The normalized spacial score (nSPS) is 13.1. The van der Waals surface area contributed by atoms with Gasteiger partial charge in [-0.3, -0.25) is 0 Å². The molecule has 0 spiro atoms. The van der Waals surface area contributed by atoms with Crippen LogP contribution in [0.3, 0.4) is 0 Å². The van der Waals surface area contributed by atoms with Gasteiger partial charge in [0.1, 0.15) is 0 Å². The van der Waals surface area contributed by atoms with Crippen molar-refractivity contribution < 1.29 is 0 Å². The first-order valence-electron chi connectivity index (χ1n) is 17.9. The van der Waals surface area contributed by atoms with E-state index in [-0.39, 0.29) is 5.41 Å². The van der Waals surface area contributed by atoms with Gasteiger partial charge in [0.15, 0.2) is 0 Å². The summed E-state index contributed by atoms with van der Waals surface area (Å²) in [5.41, 5.74) is 15.4. The Labute approximate surface area is 299 Å². The largest absolute Gasteiger partial charge is 0.0622 e. The maximum absolute atomic E-state index is 2.45. The molecule has 0 aromatic heterocycles. The van der Waals surface area contributed by atoms with Crippen LogP contribution in [0.15, 0.2) is 182 Å². The van der Waals surface area contributed by atoms with Crippen molar-refractivity contribution in [1.82, 2.24) is 0 Å². The molecule has 0 unspecified atom stereocenters. The average Bonchev–Trinajstić information content (AvgIpc) is 3.41. The molecular weight excluding hydrogens is 613 g/mol. The third-order valence-electron chi connectivity index (χ3n) is 11.3. The van der Waals surface area contributed by atoms with Crippen molar-refractivity contribution in [2.24, 2.45) is 0 Å². The summed E-state index contributed by atoms with van der Waals surface area (Å²) >= 11 is 0. The van der Waals surface area contributed by atoms with Crippen LogP contribution in [-0.2, 0) is 5.41 Å². The zero-order chi connectivity index (χ0) is 34.1. The Hall–Kier alpha value is -6.24. The minimum absolute atomic E-state index is 0.135. The third kappa shape index (κ3) is 4.60. The molecule has 0 heteroatoms. The van der Waals surface area contributed by atoms with Gasteiger partial charge in [0.25, 0.3) is 0 Å². The summed E-state index contributed by atoms with van der Waals surface area (Å²) in [6.07, 6.45) is 0. The van der Waals surface area contributed by atoms with Crippen molar-refractivity contribution in [1.29, 1.82) is 0 Å². The fourth-order valence-corrected chi connectivity index (χ4v) is 8.75. The van der Waals surface area contributed by atoms with Crippen LogP contribution < -0.4 is 0 Å². The molecule has 0 nitrogen and oxygen atoms in total. The van der Waals surface area contributed by atoms with E-state index in [2.05, 4.69) is 196 Å². The molecule has 9 aromatic rings. The van der Waals surface area contributed by atoms with Crippen LogP contribution in [0.1, 0.15) is 25.0 Å². The van der Waals surface area contributed by atoms with Gasteiger partial charge in [-0.2, -0.15) is 0 Å². The predicted octanol–water partition coefficient (Wildman–Crippen LogP) is 14.1. The average molecular weight is 649 g/mol. The van der Waals surface area contributed by atoms with Crippen LogP contribution in [0, 0.1) is 0 Å². The molecule has 0 saturated carbocycles. The number of benzene rings is 9. The van der Waals surface area contributed by atoms with E-state index in [1.54, 1.807) is 0 Å². The van der Waals surface area contributed by atoms with E-state index >= 15 is 0 Å². The van der Waals surface area contributed by atoms with Gasteiger partial charge in [0.2, 0.25) is 0 Å². The molecule has 0 amide bonds. The van der Waals surface area contributed by atoms with Crippen molar-refractivity contribution in [3.63, 3.8) is 0 Å². The van der Waals surface area contributed by atoms with Gasteiger partial charge >= 0.3 is 0 Å². The SMILES string of the molecule is CC1(C)c2cc(-c3ccc4c(-c5ccccc5)c5ccccc5c(-c5ccccc5)c4c3)ccc2-c2ccc(-c3cccc4ccccc34)cc21. The van der Waals surface area contributed by atoms with Crippen LogP contribution in [-0.4, -0.2) is 0 Å². The molecule has 9 aromatic carbocycles. The molecule has 240 valence electrons. The van der Waals surface area contributed by atoms with Crippen LogP contribution >= 0.6 is 0 Å². The summed E-state index contributed by atoms with van der Waals surface area (Å²) in [7, 11) is 0. The highest BCUT2D eigenvalue weighted by Gasteiger charge is 2.36. The Morgan fingerprint density at radius 2 is 0.765 bits per heavy atom. The highest BCUT2D eigenvalue weighted by Crippen LogP contribution is 2.51. The first-order valence-corrected chi connectivity index (χ1v) is 17.9. The Balaban J connectivity index is 1.15. The maximum Gasteiger partial charge on any atom is 0.0159 e. The number of hydrogen-bond acceptors (Lipinski definition) is 0. The molecular formula is C51H36. The fourth-order valence-electron chi connectivity index (χ4n) is 8.75. The van der Waals surface area contributed by atoms with Gasteiger partial charge in [-0.25, -0.2) is 0 Å². The standard InChI is InChI=1S/C51H36/c1-51(2)47-31-37(24-27-41(47)42-28-26-38(32-48(42)51)40-23-13-19-33-14-9-10-20-39(33)40)36-25-29-45-46(30-36)50(35-17-7-4-8-18-35)44-22-12-11-21-43(44)49(45)34-15-5-3-6-16-34/h3-32H,1-2H3. The molecule has 0 heterocycles. The molecule has 51 heavy (non-hydrogen) atoms. The molecule has 0 saturated heterocycles. The van der Waals surface area contributed by atoms with Gasteiger partial charge in [-0.05, 0) is 117 Å². The predicted molar refractivity (Wildman–Crippen MR) is 218 cm³/mol. The summed E-state index contributed by atoms with van der Waals surface area (Å²) in [5.74, 6) is 0. The van der Waals surface area contributed by atoms with Gasteiger partial charge in [0, 0.05) is 5.41 Å². The molecule has 0 atom stereocenters. The lowest BCUT2D eigenvalue weighted by molar-refractivity contribution is 0.661. The summed E-state index contributed by atoms with van der Waals surface area (Å²) in [6, 6.07) is 67.4. The zero-order valence-corrected chi connectivity index (χ0v) is 28.8. The number of fused-ring (bicyclic) bond motifs is 6. The van der Waals surface area contributed by atoms with Gasteiger partial charge < -0.3 is 0 Å². The van der Waals surface area contributed by atoms with E-state index in [4.69, 9.17) is 0 Å².